The molecule has 2 fully saturated rings. The Bertz CT molecular complexity index is 669. The van der Waals surface area contributed by atoms with E-state index in [0.717, 1.165) is 24.9 Å². The molecular formula is C21H31N3O3. The summed E-state index contributed by atoms with van der Waals surface area (Å²) in [5.41, 5.74) is 1.42. The van der Waals surface area contributed by atoms with Crippen molar-refractivity contribution in [3.05, 3.63) is 18.2 Å². The van der Waals surface area contributed by atoms with Crippen LogP contribution in [0.3, 0.4) is 0 Å². The van der Waals surface area contributed by atoms with E-state index in [4.69, 9.17) is 4.74 Å². The van der Waals surface area contributed by atoms with Gasteiger partial charge in [0.15, 0.2) is 0 Å². The molecule has 0 atom stereocenters. The molecule has 0 aromatic heterocycles. The Morgan fingerprint density at radius 1 is 1.15 bits per heavy atom. The second-order valence-corrected chi connectivity index (χ2v) is 7.58. The molecule has 3 amide bonds. The number of hydrogen-bond donors (Lipinski definition) is 1. The molecule has 1 saturated heterocycles. The van der Waals surface area contributed by atoms with Crippen LogP contribution < -0.4 is 15.0 Å². The highest BCUT2D eigenvalue weighted by atomic mass is 16.5. The van der Waals surface area contributed by atoms with Crippen LogP contribution >= 0.6 is 0 Å². The van der Waals surface area contributed by atoms with Crippen LogP contribution in [0.5, 0.6) is 5.75 Å². The fourth-order valence-corrected chi connectivity index (χ4v) is 4.08. The molecule has 1 heterocycles. The third kappa shape index (κ3) is 4.73. The zero-order valence-electron chi connectivity index (χ0n) is 16.5. The van der Waals surface area contributed by atoms with E-state index in [1.807, 2.05) is 30.1 Å². The fraction of sp³-hybridized carbons (Fsp3) is 0.619. The van der Waals surface area contributed by atoms with Crippen molar-refractivity contribution >= 4 is 23.3 Å². The van der Waals surface area contributed by atoms with E-state index in [1.165, 1.54) is 32.1 Å². The van der Waals surface area contributed by atoms with Crippen LogP contribution in [0.1, 0.15) is 57.8 Å². The third-order valence-electron chi connectivity index (χ3n) is 5.74. The van der Waals surface area contributed by atoms with E-state index in [1.54, 1.807) is 12.0 Å². The summed E-state index contributed by atoms with van der Waals surface area (Å²) in [7, 11) is 3.48. The van der Waals surface area contributed by atoms with E-state index >= 15 is 0 Å². The molecule has 6 nitrogen and oxygen atoms in total. The molecule has 1 saturated carbocycles. The Kier molecular flexibility index (Phi) is 6.58. The summed E-state index contributed by atoms with van der Waals surface area (Å²) in [5, 5.41) is 3.00. The van der Waals surface area contributed by atoms with Crippen molar-refractivity contribution in [3.8, 4) is 5.75 Å². The second-order valence-electron chi connectivity index (χ2n) is 7.58. The number of amides is 3. The maximum Gasteiger partial charge on any atom is 0.321 e. The van der Waals surface area contributed by atoms with Crippen LogP contribution in [0.4, 0.5) is 16.2 Å². The zero-order valence-corrected chi connectivity index (χ0v) is 16.5. The summed E-state index contributed by atoms with van der Waals surface area (Å²) in [6.07, 6.45) is 9.76. The number of benzene rings is 1. The van der Waals surface area contributed by atoms with Crippen LogP contribution in [0.25, 0.3) is 0 Å². The van der Waals surface area contributed by atoms with Crippen molar-refractivity contribution in [1.29, 1.82) is 0 Å². The maximum absolute atomic E-state index is 12.8. The highest BCUT2D eigenvalue weighted by Crippen LogP contribution is 2.34. The number of rotatable bonds is 4. The Morgan fingerprint density at radius 3 is 2.48 bits per heavy atom. The molecule has 1 aromatic carbocycles. The number of carbonyl (C=O) groups is 2. The molecule has 1 aliphatic carbocycles. The van der Waals surface area contributed by atoms with Gasteiger partial charge in [-0.25, -0.2) is 4.79 Å². The van der Waals surface area contributed by atoms with E-state index in [0.29, 0.717) is 30.4 Å². The highest BCUT2D eigenvalue weighted by molar-refractivity contribution is 5.98. The normalized spacial score (nSPS) is 18.7. The van der Waals surface area contributed by atoms with Crippen LogP contribution in [-0.2, 0) is 4.79 Å². The molecule has 1 aliphatic heterocycles. The largest absolute Gasteiger partial charge is 0.495 e. The van der Waals surface area contributed by atoms with Crippen molar-refractivity contribution in [3.63, 3.8) is 0 Å². The van der Waals surface area contributed by atoms with Gasteiger partial charge in [0, 0.05) is 31.7 Å². The van der Waals surface area contributed by atoms with Gasteiger partial charge < -0.3 is 19.9 Å². The first kappa shape index (κ1) is 19.5. The molecule has 148 valence electrons. The van der Waals surface area contributed by atoms with E-state index < -0.39 is 0 Å². The average Bonchev–Trinajstić information content (AvgIpc) is 3.06. The minimum atomic E-state index is -0.0931. The molecule has 3 rings (SSSR count). The first-order valence-corrected chi connectivity index (χ1v) is 10.1. The van der Waals surface area contributed by atoms with E-state index in [9.17, 15) is 9.59 Å². The number of methoxy groups -OCH3 is 1. The molecule has 0 radical (unpaired) electrons. The molecule has 0 bridgehead atoms. The van der Waals surface area contributed by atoms with Crippen LogP contribution in [0.2, 0.25) is 0 Å². The number of carbonyl (C=O) groups excluding carboxylic acids is 2. The lowest BCUT2D eigenvalue weighted by Gasteiger charge is -2.30. The van der Waals surface area contributed by atoms with Gasteiger partial charge in [0.05, 0.1) is 12.8 Å². The van der Waals surface area contributed by atoms with Gasteiger partial charge in [-0.15, -0.1) is 0 Å². The zero-order chi connectivity index (χ0) is 19.2. The van der Waals surface area contributed by atoms with Crippen molar-refractivity contribution in [2.75, 3.05) is 30.9 Å². The summed E-state index contributed by atoms with van der Waals surface area (Å²) in [6.45, 7) is 0.689. The maximum atomic E-state index is 12.8. The molecule has 6 heteroatoms. The van der Waals surface area contributed by atoms with Gasteiger partial charge in [-0.3, -0.25) is 4.79 Å². The topological polar surface area (TPSA) is 61.9 Å². The van der Waals surface area contributed by atoms with Crippen molar-refractivity contribution < 1.29 is 14.3 Å². The summed E-state index contributed by atoms with van der Waals surface area (Å²) in [6, 6.07) is 5.68. The van der Waals surface area contributed by atoms with Crippen molar-refractivity contribution in [1.82, 2.24) is 4.90 Å². The average molecular weight is 373 g/mol. The standard InChI is InChI=1S/C21H31N3O3/c1-23(17-9-6-4-3-5-7-10-17)21(26)22-16-12-13-19(27-2)18(15-16)24-14-8-11-20(24)25/h12-13,15,17H,3-11,14H2,1-2H3,(H,22,26). The number of nitrogens with zero attached hydrogens (tertiary/aromatic N) is 2. The summed E-state index contributed by atoms with van der Waals surface area (Å²) >= 11 is 0. The van der Waals surface area contributed by atoms with Crippen molar-refractivity contribution in [2.24, 2.45) is 0 Å². The summed E-state index contributed by atoms with van der Waals surface area (Å²) in [5.74, 6) is 0.750. The van der Waals surface area contributed by atoms with Gasteiger partial charge in [-0.1, -0.05) is 32.1 Å². The minimum Gasteiger partial charge on any atom is -0.495 e. The highest BCUT2D eigenvalue weighted by Gasteiger charge is 2.25. The first-order valence-electron chi connectivity index (χ1n) is 10.1. The SMILES string of the molecule is COc1ccc(NC(=O)N(C)C2CCCCCCC2)cc1N1CCCC1=O. The lowest BCUT2D eigenvalue weighted by molar-refractivity contribution is -0.117. The first-order chi connectivity index (χ1) is 13.1. The summed E-state index contributed by atoms with van der Waals surface area (Å²) in [4.78, 5) is 28.5. The lowest BCUT2D eigenvalue weighted by Crippen LogP contribution is -2.40. The summed E-state index contributed by atoms with van der Waals surface area (Å²) < 4.78 is 5.42. The van der Waals surface area contributed by atoms with Crippen LogP contribution in [0.15, 0.2) is 18.2 Å². The van der Waals surface area contributed by atoms with Gasteiger partial charge >= 0.3 is 6.03 Å². The third-order valence-corrected chi connectivity index (χ3v) is 5.74. The van der Waals surface area contributed by atoms with Crippen LogP contribution in [0, 0.1) is 0 Å². The predicted octanol–water partition coefficient (Wildman–Crippen LogP) is 4.40. The second kappa shape index (κ2) is 9.11. The molecule has 2 aliphatic rings. The van der Waals surface area contributed by atoms with E-state index in [-0.39, 0.29) is 11.9 Å². The van der Waals surface area contributed by atoms with Crippen molar-refractivity contribution in [2.45, 2.75) is 63.8 Å². The number of nitrogens with one attached hydrogen (secondary N) is 1. The Labute approximate surface area is 161 Å². The molecular weight excluding hydrogens is 342 g/mol. The number of urea groups is 1. The monoisotopic (exact) mass is 373 g/mol. The Morgan fingerprint density at radius 2 is 1.85 bits per heavy atom. The van der Waals surface area contributed by atoms with E-state index in [2.05, 4.69) is 5.32 Å². The van der Waals surface area contributed by atoms with Gasteiger partial charge in [-0.2, -0.15) is 0 Å². The predicted molar refractivity (Wildman–Crippen MR) is 107 cm³/mol. The molecule has 27 heavy (non-hydrogen) atoms. The molecule has 0 unspecified atom stereocenters. The minimum absolute atomic E-state index is 0.0931. The molecule has 1 N–H and O–H groups in total. The van der Waals surface area contributed by atoms with Crippen LogP contribution in [-0.4, -0.2) is 43.6 Å². The quantitative estimate of drug-likeness (QED) is 0.851. The van der Waals surface area contributed by atoms with Gasteiger partial charge in [-0.05, 0) is 37.5 Å². The number of ether oxygens (including phenoxy) is 1. The smallest absolute Gasteiger partial charge is 0.321 e. The molecule has 1 aromatic rings. The Hall–Kier alpha value is -2.24. The number of hydrogen-bond acceptors (Lipinski definition) is 3. The lowest BCUT2D eigenvalue weighted by atomic mass is 9.96. The Balaban J connectivity index is 1.70. The van der Waals surface area contributed by atoms with Gasteiger partial charge in [0.2, 0.25) is 5.91 Å². The van der Waals surface area contributed by atoms with Gasteiger partial charge in [0.1, 0.15) is 5.75 Å². The number of anilines is 2. The molecule has 0 spiro atoms. The fourth-order valence-electron chi connectivity index (χ4n) is 4.08. The van der Waals surface area contributed by atoms with Gasteiger partial charge in [0.25, 0.3) is 0 Å².